The van der Waals surface area contributed by atoms with Gasteiger partial charge in [0, 0.05) is 34.5 Å². The Morgan fingerprint density at radius 2 is 2.05 bits per heavy atom. The van der Waals surface area contributed by atoms with E-state index in [9.17, 15) is 4.79 Å². The summed E-state index contributed by atoms with van der Waals surface area (Å²) in [7, 11) is 1.89. The Kier molecular flexibility index (Phi) is 4.63. The van der Waals surface area contributed by atoms with Crippen LogP contribution in [0.25, 0.3) is 6.08 Å². The maximum atomic E-state index is 12.0. The van der Waals surface area contributed by atoms with Crippen molar-refractivity contribution >= 4 is 33.6 Å². The number of carbonyl (C=O) groups is 1. The Balaban J connectivity index is 2.15. The molecule has 0 unspecified atom stereocenters. The van der Waals surface area contributed by atoms with Crippen molar-refractivity contribution in [3.63, 3.8) is 0 Å². The number of halogens is 1. The highest BCUT2D eigenvalue weighted by Gasteiger charge is 2.07. The van der Waals surface area contributed by atoms with Crippen LogP contribution in [0.2, 0.25) is 0 Å². The van der Waals surface area contributed by atoms with Gasteiger partial charge in [-0.05, 0) is 44.5 Å². The van der Waals surface area contributed by atoms with E-state index in [2.05, 4.69) is 26.3 Å². The molecule has 2 aromatic rings. The van der Waals surface area contributed by atoms with Crippen LogP contribution in [0.4, 0.5) is 5.69 Å². The van der Waals surface area contributed by atoms with Crippen molar-refractivity contribution in [1.82, 2.24) is 9.78 Å². The average molecular weight is 348 g/mol. The number of hydrogen-bond acceptors (Lipinski definition) is 2. The Morgan fingerprint density at radius 1 is 1.33 bits per heavy atom. The van der Waals surface area contributed by atoms with Crippen LogP contribution in [-0.2, 0) is 11.8 Å². The van der Waals surface area contributed by atoms with Crippen molar-refractivity contribution in [3.05, 3.63) is 51.3 Å². The van der Waals surface area contributed by atoms with Crippen LogP contribution >= 0.6 is 15.9 Å². The van der Waals surface area contributed by atoms with E-state index in [1.165, 1.54) is 6.08 Å². The van der Waals surface area contributed by atoms with Crippen molar-refractivity contribution in [1.29, 1.82) is 0 Å². The molecule has 1 heterocycles. The fraction of sp³-hybridized carbons (Fsp3) is 0.250. The molecule has 0 atom stereocenters. The first-order valence-electron chi connectivity index (χ1n) is 6.64. The summed E-state index contributed by atoms with van der Waals surface area (Å²) in [5.74, 6) is -0.154. The number of rotatable bonds is 3. The second-order valence-electron chi connectivity index (χ2n) is 4.99. The topological polar surface area (TPSA) is 46.9 Å². The molecule has 0 bridgehead atoms. The monoisotopic (exact) mass is 347 g/mol. The molecule has 0 saturated carbocycles. The van der Waals surface area contributed by atoms with Crippen LogP contribution < -0.4 is 5.32 Å². The van der Waals surface area contributed by atoms with Gasteiger partial charge in [-0.15, -0.1) is 0 Å². The van der Waals surface area contributed by atoms with Gasteiger partial charge in [-0.1, -0.05) is 22.0 Å². The molecular formula is C16H18BrN3O. The third-order valence-corrected chi connectivity index (χ3v) is 3.92. The number of hydrogen-bond donors (Lipinski definition) is 1. The van der Waals surface area contributed by atoms with Gasteiger partial charge in [-0.3, -0.25) is 9.48 Å². The summed E-state index contributed by atoms with van der Waals surface area (Å²) in [6.07, 6.45) is 3.34. The lowest BCUT2D eigenvalue weighted by atomic mass is 10.1. The maximum Gasteiger partial charge on any atom is 0.248 e. The van der Waals surface area contributed by atoms with E-state index in [1.54, 1.807) is 6.08 Å². The number of aromatic nitrogens is 2. The molecule has 1 aromatic carbocycles. The Bertz CT molecular complexity index is 717. The van der Waals surface area contributed by atoms with Gasteiger partial charge in [0.1, 0.15) is 0 Å². The average Bonchev–Trinajstić information content (AvgIpc) is 2.66. The van der Waals surface area contributed by atoms with Crippen LogP contribution in [0, 0.1) is 20.8 Å². The summed E-state index contributed by atoms with van der Waals surface area (Å²) in [5, 5.41) is 7.21. The van der Waals surface area contributed by atoms with Gasteiger partial charge in [-0.25, -0.2) is 0 Å². The molecule has 1 N–H and O–H groups in total. The molecule has 2 rings (SSSR count). The SMILES string of the molecule is Cc1ccc(Br)cc1NC(=O)C=Cc1c(C)nn(C)c1C. The Hall–Kier alpha value is -1.88. The number of carbonyl (C=O) groups excluding carboxylic acids is 1. The van der Waals surface area contributed by atoms with E-state index >= 15 is 0 Å². The minimum absolute atomic E-state index is 0.154. The summed E-state index contributed by atoms with van der Waals surface area (Å²) >= 11 is 3.40. The predicted molar refractivity (Wildman–Crippen MR) is 89.2 cm³/mol. The van der Waals surface area contributed by atoms with Crippen molar-refractivity contribution in [3.8, 4) is 0 Å². The molecule has 0 aliphatic heterocycles. The van der Waals surface area contributed by atoms with Crippen LogP contribution in [0.5, 0.6) is 0 Å². The molecule has 0 spiro atoms. The van der Waals surface area contributed by atoms with Gasteiger partial charge in [0.15, 0.2) is 0 Å². The largest absolute Gasteiger partial charge is 0.322 e. The predicted octanol–water partition coefficient (Wildman–Crippen LogP) is 3.76. The van der Waals surface area contributed by atoms with Crippen LogP contribution in [0.15, 0.2) is 28.7 Å². The van der Waals surface area contributed by atoms with E-state index < -0.39 is 0 Å². The quantitative estimate of drug-likeness (QED) is 0.859. The van der Waals surface area contributed by atoms with E-state index in [1.807, 2.05) is 50.7 Å². The Morgan fingerprint density at radius 3 is 2.67 bits per heavy atom. The minimum atomic E-state index is -0.154. The number of aryl methyl sites for hydroxylation is 3. The van der Waals surface area contributed by atoms with Gasteiger partial charge in [-0.2, -0.15) is 5.10 Å². The van der Waals surface area contributed by atoms with E-state index in [-0.39, 0.29) is 5.91 Å². The number of nitrogens with one attached hydrogen (secondary N) is 1. The standard InChI is InChI=1S/C16H18BrN3O/c1-10-5-6-13(17)9-15(10)18-16(21)8-7-14-11(2)19-20(4)12(14)3/h5-9H,1-4H3,(H,18,21). The highest BCUT2D eigenvalue weighted by molar-refractivity contribution is 9.10. The van der Waals surface area contributed by atoms with Gasteiger partial charge in [0.25, 0.3) is 0 Å². The smallest absolute Gasteiger partial charge is 0.248 e. The first-order valence-corrected chi connectivity index (χ1v) is 7.43. The zero-order chi connectivity index (χ0) is 15.6. The molecule has 0 aliphatic rings. The second kappa shape index (κ2) is 6.26. The molecule has 4 nitrogen and oxygen atoms in total. The van der Waals surface area contributed by atoms with Crippen LogP contribution in [-0.4, -0.2) is 15.7 Å². The lowest BCUT2D eigenvalue weighted by Gasteiger charge is -2.06. The minimum Gasteiger partial charge on any atom is -0.322 e. The van der Waals surface area contributed by atoms with E-state index in [4.69, 9.17) is 0 Å². The highest BCUT2D eigenvalue weighted by Crippen LogP contribution is 2.21. The van der Waals surface area contributed by atoms with Crippen molar-refractivity contribution < 1.29 is 4.79 Å². The molecule has 5 heteroatoms. The normalized spacial score (nSPS) is 11.1. The lowest BCUT2D eigenvalue weighted by molar-refractivity contribution is -0.111. The molecule has 110 valence electrons. The van der Waals surface area contributed by atoms with Crippen LogP contribution in [0.1, 0.15) is 22.5 Å². The second-order valence-corrected chi connectivity index (χ2v) is 5.91. The number of amides is 1. The molecule has 0 fully saturated rings. The summed E-state index contributed by atoms with van der Waals surface area (Å²) in [6.45, 7) is 5.88. The lowest BCUT2D eigenvalue weighted by Crippen LogP contribution is -2.09. The van der Waals surface area contributed by atoms with E-state index in [0.717, 1.165) is 32.7 Å². The molecule has 1 amide bonds. The fourth-order valence-electron chi connectivity index (χ4n) is 2.09. The molecule has 0 saturated heterocycles. The maximum absolute atomic E-state index is 12.0. The zero-order valence-electron chi connectivity index (χ0n) is 12.6. The summed E-state index contributed by atoms with van der Waals surface area (Å²) < 4.78 is 2.75. The van der Waals surface area contributed by atoms with Crippen molar-refractivity contribution in [2.24, 2.45) is 7.05 Å². The van der Waals surface area contributed by atoms with Gasteiger partial charge < -0.3 is 5.32 Å². The van der Waals surface area contributed by atoms with Crippen LogP contribution in [0.3, 0.4) is 0 Å². The van der Waals surface area contributed by atoms with Crippen molar-refractivity contribution in [2.45, 2.75) is 20.8 Å². The van der Waals surface area contributed by atoms with Gasteiger partial charge in [0.05, 0.1) is 5.69 Å². The highest BCUT2D eigenvalue weighted by atomic mass is 79.9. The third kappa shape index (κ3) is 3.61. The zero-order valence-corrected chi connectivity index (χ0v) is 14.2. The first kappa shape index (κ1) is 15.5. The van der Waals surface area contributed by atoms with Crippen molar-refractivity contribution in [2.75, 3.05) is 5.32 Å². The molecular weight excluding hydrogens is 330 g/mol. The summed E-state index contributed by atoms with van der Waals surface area (Å²) in [5.41, 5.74) is 4.76. The summed E-state index contributed by atoms with van der Waals surface area (Å²) in [4.78, 5) is 12.0. The fourth-order valence-corrected chi connectivity index (χ4v) is 2.45. The van der Waals surface area contributed by atoms with Gasteiger partial charge >= 0.3 is 0 Å². The number of benzene rings is 1. The van der Waals surface area contributed by atoms with Gasteiger partial charge in [0.2, 0.25) is 5.91 Å². The number of anilines is 1. The molecule has 21 heavy (non-hydrogen) atoms. The molecule has 0 aliphatic carbocycles. The molecule has 1 aromatic heterocycles. The third-order valence-electron chi connectivity index (χ3n) is 3.42. The molecule has 0 radical (unpaired) electrons. The van der Waals surface area contributed by atoms with E-state index in [0.29, 0.717) is 0 Å². The Labute approximate surface area is 133 Å². The first-order chi connectivity index (χ1) is 9.88. The number of nitrogens with zero attached hydrogens (tertiary/aromatic N) is 2. The summed E-state index contributed by atoms with van der Waals surface area (Å²) in [6, 6.07) is 5.80.